The molecule has 104 valence electrons. The quantitative estimate of drug-likeness (QED) is 0.673. The van der Waals surface area contributed by atoms with Crippen molar-refractivity contribution < 1.29 is 9.64 Å². The number of hydrogen-bond acceptors (Lipinski definition) is 1. The summed E-state index contributed by atoms with van der Waals surface area (Å²) in [5.74, 6) is 1.50. The molecular weight excluding hydrogens is 234 g/mol. The molecule has 0 amide bonds. The fraction of sp³-hybridized carbons (Fsp3) is 0.412. The van der Waals surface area contributed by atoms with E-state index in [4.69, 9.17) is 4.74 Å². The molecule has 0 saturated carbocycles. The number of benzene rings is 1. The fourth-order valence-corrected chi connectivity index (χ4v) is 1.97. The zero-order chi connectivity index (χ0) is 14.1. The Morgan fingerprint density at radius 2 is 1.89 bits per heavy atom. The van der Waals surface area contributed by atoms with Crippen molar-refractivity contribution in [1.29, 1.82) is 0 Å². The predicted molar refractivity (Wildman–Crippen MR) is 82.0 cm³/mol. The molecule has 0 unspecified atom stereocenters. The van der Waals surface area contributed by atoms with Gasteiger partial charge in [0.25, 0.3) is 0 Å². The molecule has 0 spiro atoms. The van der Waals surface area contributed by atoms with Crippen LogP contribution in [0.15, 0.2) is 49.6 Å². The Kier molecular flexibility index (Phi) is 6.98. The molecule has 0 heterocycles. The first-order chi connectivity index (χ1) is 9.17. The summed E-state index contributed by atoms with van der Waals surface area (Å²) in [6, 6.07) is 8.35. The molecule has 0 aliphatic carbocycles. The molecule has 0 radical (unpaired) electrons. The number of quaternary nitrogens is 1. The molecule has 1 aromatic carbocycles. The second-order valence-electron chi connectivity index (χ2n) is 5.06. The minimum atomic E-state index is 0.534. The van der Waals surface area contributed by atoms with E-state index in [1.165, 1.54) is 10.5 Å². The van der Waals surface area contributed by atoms with Crippen molar-refractivity contribution >= 4 is 0 Å². The van der Waals surface area contributed by atoms with Crippen LogP contribution in [-0.2, 0) is 0 Å². The number of ether oxygens (including phenoxy) is 1. The van der Waals surface area contributed by atoms with Crippen LogP contribution in [0.25, 0.3) is 0 Å². The van der Waals surface area contributed by atoms with Gasteiger partial charge >= 0.3 is 0 Å². The molecule has 0 bridgehead atoms. The van der Waals surface area contributed by atoms with Crippen LogP contribution in [0.4, 0.5) is 0 Å². The number of rotatable bonds is 9. The van der Waals surface area contributed by atoms with Gasteiger partial charge in [-0.3, -0.25) is 0 Å². The minimum absolute atomic E-state index is 0.534. The van der Waals surface area contributed by atoms with Crippen LogP contribution in [0.3, 0.4) is 0 Å². The first kappa shape index (κ1) is 15.5. The second kappa shape index (κ2) is 8.54. The Balaban J connectivity index is 2.45. The van der Waals surface area contributed by atoms with Crippen molar-refractivity contribution in [3.05, 3.63) is 55.1 Å². The van der Waals surface area contributed by atoms with Gasteiger partial charge in [-0.15, -0.1) is 0 Å². The summed E-state index contributed by atoms with van der Waals surface area (Å²) in [6.45, 7) is 15.5. The Bertz CT molecular complexity index is 388. The maximum Gasteiger partial charge on any atom is 0.137 e. The Morgan fingerprint density at radius 3 is 2.47 bits per heavy atom. The third-order valence-corrected chi connectivity index (χ3v) is 3.12. The first-order valence-electron chi connectivity index (χ1n) is 6.95. The van der Waals surface area contributed by atoms with Gasteiger partial charge in [0.1, 0.15) is 18.9 Å². The van der Waals surface area contributed by atoms with E-state index < -0.39 is 0 Å². The molecule has 19 heavy (non-hydrogen) atoms. The lowest BCUT2D eigenvalue weighted by Crippen LogP contribution is -3.12. The van der Waals surface area contributed by atoms with Gasteiger partial charge < -0.3 is 9.64 Å². The molecule has 0 saturated heterocycles. The SMILES string of the molecule is C=CC[NH+](CC=C)CCOc1cccc(C(C)C)c1. The van der Waals surface area contributed by atoms with Crippen molar-refractivity contribution in [3.63, 3.8) is 0 Å². The monoisotopic (exact) mass is 260 g/mol. The summed E-state index contributed by atoms with van der Waals surface area (Å²) < 4.78 is 5.83. The average molecular weight is 260 g/mol. The Hall–Kier alpha value is -1.54. The highest BCUT2D eigenvalue weighted by atomic mass is 16.5. The van der Waals surface area contributed by atoms with Gasteiger partial charge in [-0.05, 0) is 35.8 Å². The highest BCUT2D eigenvalue weighted by Gasteiger charge is 2.05. The van der Waals surface area contributed by atoms with E-state index in [-0.39, 0.29) is 0 Å². The van der Waals surface area contributed by atoms with Crippen molar-refractivity contribution in [2.45, 2.75) is 19.8 Å². The van der Waals surface area contributed by atoms with E-state index in [9.17, 15) is 0 Å². The average Bonchev–Trinajstić information content (AvgIpc) is 2.39. The molecule has 0 aliphatic rings. The van der Waals surface area contributed by atoms with Gasteiger partial charge in [0.15, 0.2) is 0 Å². The molecule has 1 N–H and O–H groups in total. The molecule has 2 nitrogen and oxygen atoms in total. The maximum atomic E-state index is 5.83. The van der Waals surface area contributed by atoms with Gasteiger partial charge in [-0.25, -0.2) is 0 Å². The summed E-state index contributed by atoms with van der Waals surface area (Å²) in [5, 5.41) is 0. The van der Waals surface area contributed by atoms with Crippen molar-refractivity contribution in [1.82, 2.24) is 0 Å². The maximum absolute atomic E-state index is 5.83. The predicted octanol–water partition coefficient (Wildman–Crippen LogP) is 2.45. The molecule has 2 heteroatoms. The van der Waals surface area contributed by atoms with E-state index in [0.29, 0.717) is 5.92 Å². The van der Waals surface area contributed by atoms with Crippen molar-refractivity contribution in [2.75, 3.05) is 26.2 Å². The van der Waals surface area contributed by atoms with E-state index in [1.807, 2.05) is 18.2 Å². The van der Waals surface area contributed by atoms with Crippen molar-refractivity contribution in [2.24, 2.45) is 0 Å². The topological polar surface area (TPSA) is 13.7 Å². The van der Waals surface area contributed by atoms with Gasteiger partial charge in [0, 0.05) is 0 Å². The van der Waals surface area contributed by atoms with E-state index >= 15 is 0 Å². The van der Waals surface area contributed by atoms with Gasteiger partial charge in [0.05, 0.1) is 13.1 Å². The lowest BCUT2D eigenvalue weighted by atomic mass is 10.0. The highest BCUT2D eigenvalue weighted by molar-refractivity contribution is 5.30. The molecule has 0 aromatic heterocycles. The van der Waals surface area contributed by atoms with Crippen LogP contribution in [0.2, 0.25) is 0 Å². The first-order valence-corrected chi connectivity index (χ1v) is 6.95. The molecule has 0 atom stereocenters. The van der Waals surface area contributed by atoms with Crippen LogP contribution in [0.1, 0.15) is 25.3 Å². The standard InChI is InChI=1S/C17H25NO/c1-5-10-18(11-6-2)12-13-19-17-9-7-8-16(14-17)15(3)4/h5-9,14-15H,1-2,10-13H2,3-4H3/p+1. The summed E-state index contributed by atoms with van der Waals surface area (Å²) in [5.41, 5.74) is 1.32. The normalized spacial score (nSPS) is 10.7. The van der Waals surface area contributed by atoms with Crippen LogP contribution in [-0.4, -0.2) is 26.2 Å². The molecule has 1 rings (SSSR count). The lowest BCUT2D eigenvalue weighted by molar-refractivity contribution is -0.888. The molecule has 1 aromatic rings. The zero-order valence-corrected chi connectivity index (χ0v) is 12.2. The Morgan fingerprint density at radius 1 is 1.21 bits per heavy atom. The third kappa shape index (κ3) is 5.75. The summed E-state index contributed by atoms with van der Waals surface area (Å²) in [6.07, 6.45) is 3.89. The molecule has 0 fully saturated rings. The Labute approximate surface area is 117 Å². The van der Waals surface area contributed by atoms with Crippen LogP contribution < -0.4 is 9.64 Å². The van der Waals surface area contributed by atoms with Gasteiger partial charge in [-0.1, -0.05) is 39.1 Å². The van der Waals surface area contributed by atoms with Gasteiger partial charge in [-0.2, -0.15) is 0 Å². The largest absolute Gasteiger partial charge is 0.488 e. The van der Waals surface area contributed by atoms with E-state index in [2.05, 4.69) is 45.2 Å². The minimum Gasteiger partial charge on any atom is -0.488 e. The zero-order valence-electron chi connectivity index (χ0n) is 12.2. The second-order valence-corrected chi connectivity index (χ2v) is 5.06. The summed E-state index contributed by atoms with van der Waals surface area (Å²) in [7, 11) is 0. The summed E-state index contributed by atoms with van der Waals surface area (Å²) >= 11 is 0. The van der Waals surface area contributed by atoms with Crippen LogP contribution in [0, 0.1) is 0 Å². The van der Waals surface area contributed by atoms with Crippen LogP contribution in [0.5, 0.6) is 5.75 Å². The number of nitrogens with one attached hydrogen (secondary N) is 1. The van der Waals surface area contributed by atoms with E-state index in [1.54, 1.807) is 0 Å². The van der Waals surface area contributed by atoms with Gasteiger partial charge in [0.2, 0.25) is 0 Å². The summed E-state index contributed by atoms with van der Waals surface area (Å²) in [4.78, 5) is 1.42. The highest BCUT2D eigenvalue weighted by Crippen LogP contribution is 2.19. The third-order valence-electron chi connectivity index (χ3n) is 3.12. The molecule has 0 aliphatic heterocycles. The van der Waals surface area contributed by atoms with Crippen LogP contribution >= 0.6 is 0 Å². The fourth-order valence-electron chi connectivity index (χ4n) is 1.97. The van der Waals surface area contributed by atoms with Crippen molar-refractivity contribution in [3.8, 4) is 5.75 Å². The lowest BCUT2D eigenvalue weighted by Gasteiger charge is -2.16. The smallest absolute Gasteiger partial charge is 0.137 e. The molecular formula is C17H26NO+. The van der Waals surface area contributed by atoms with E-state index in [0.717, 1.165) is 32.0 Å². The number of hydrogen-bond donors (Lipinski definition) is 1.